The second kappa shape index (κ2) is 7.59. The minimum absolute atomic E-state index is 0.270. The lowest BCUT2D eigenvalue weighted by atomic mass is 9.95. The number of carbonyl (C=O) groups excluding carboxylic acids is 1. The Morgan fingerprint density at radius 1 is 1.05 bits per heavy atom. The minimum Gasteiger partial charge on any atom is -0.353 e. The van der Waals surface area contributed by atoms with Gasteiger partial charge in [0.05, 0.1) is 0 Å². The number of hydrogen-bond acceptors (Lipinski definition) is 3. The number of likely N-dealkylation sites (tertiary alicyclic amines) is 1. The molecule has 2 saturated heterocycles. The monoisotopic (exact) mass is 293 g/mol. The SMILES string of the molecule is O=C(CCN1CCCC1C1CCCN1)NC1CCCCC1. The Morgan fingerprint density at radius 2 is 1.90 bits per heavy atom. The van der Waals surface area contributed by atoms with Gasteiger partial charge in [-0.1, -0.05) is 19.3 Å². The Kier molecular flexibility index (Phi) is 5.53. The van der Waals surface area contributed by atoms with Crippen LogP contribution in [0.5, 0.6) is 0 Å². The molecule has 1 aliphatic carbocycles. The fraction of sp³-hybridized carbons (Fsp3) is 0.941. The summed E-state index contributed by atoms with van der Waals surface area (Å²) in [5.74, 6) is 0.270. The first kappa shape index (κ1) is 15.3. The van der Waals surface area contributed by atoms with E-state index < -0.39 is 0 Å². The van der Waals surface area contributed by atoms with E-state index in [1.807, 2.05) is 0 Å². The zero-order valence-electron chi connectivity index (χ0n) is 13.3. The molecule has 3 fully saturated rings. The standard InChI is InChI=1S/C17H31N3O/c21-17(19-14-6-2-1-3-7-14)10-13-20-12-5-9-16(20)15-8-4-11-18-15/h14-16,18H,1-13H2,(H,19,21). The summed E-state index contributed by atoms with van der Waals surface area (Å²) < 4.78 is 0. The van der Waals surface area contributed by atoms with E-state index in [1.165, 1.54) is 70.9 Å². The van der Waals surface area contributed by atoms with Gasteiger partial charge in [-0.05, 0) is 51.6 Å². The van der Waals surface area contributed by atoms with Gasteiger partial charge in [0.25, 0.3) is 0 Å². The highest BCUT2D eigenvalue weighted by atomic mass is 16.1. The van der Waals surface area contributed by atoms with E-state index in [-0.39, 0.29) is 5.91 Å². The van der Waals surface area contributed by atoms with Crippen molar-refractivity contribution in [1.82, 2.24) is 15.5 Å². The summed E-state index contributed by atoms with van der Waals surface area (Å²) in [7, 11) is 0. The second-order valence-electron chi connectivity index (χ2n) is 7.10. The van der Waals surface area contributed by atoms with Crippen LogP contribution in [0.2, 0.25) is 0 Å². The zero-order valence-corrected chi connectivity index (χ0v) is 13.3. The van der Waals surface area contributed by atoms with Crippen molar-refractivity contribution in [1.29, 1.82) is 0 Å². The van der Waals surface area contributed by atoms with Gasteiger partial charge in [0, 0.05) is 31.1 Å². The summed E-state index contributed by atoms with van der Waals surface area (Å²) in [4.78, 5) is 14.7. The van der Waals surface area contributed by atoms with E-state index >= 15 is 0 Å². The fourth-order valence-electron chi connectivity index (χ4n) is 4.42. The maximum absolute atomic E-state index is 12.1. The quantitative estimate of drug-likeness (QED) is 0.815. The van der Waals surface area contributed by atoms with E-state index in [1.54, 1.807) is 0 Å². The van der Waals surface area contributed by atoms with Crippen molar-refractivity contribution in [2.45, 2.75) is 82.3 Å². The minimum atomic E-state index is 0.270. The molecule has 2 atom stereocenters. The van der Waals surface area contributed by atoms with Crippen LogP contribution >= 0.6 is 0 Å². The van der Waals surface area contributed by atoms with Gasteiger partial charge in [-0.15, -0.1) is 0 Å². The Bertz CT molecular complexity index is 335. The number of nitrogens with zero attached hydrogens (tertiary/aromatic N) is 1. The largest absolute Gasteiger partial charge is 0.353 e. The van der Waals surface area contributed by atoms with Gasteiger partial charge in [-0.3, -0.25) is 9.69 Å². The van der Waals surface area contributed by atoms with Gasteiger partial charge >= 0.3 is 0 Å². The lowest BCUT2D eigenvalue weighted by molar-refractivity contribution is -0.122. The molecule has 4 heteroatoms. The second-order valence-corrected chi connectivity index (χ2v) is 7.10. The third-order valence-electron chi connectivity index (χ3n) is 5.57. The molecular weight excluding hydrogens is 262 g/mol. The highest BCUT2D eigenvalue weighted by Gasteiger charge is 2.33. The maximum atomic E-state index is 12.1. The van der Waals surface area contributed by atoms with Crippen LogP contribution in [0.4, 0.5) is 0 Å². The first-order chi connectivity index (χ1) is 10.3. The molecule has 1 amide bonds. The molecule has 21 heavy (non-hydrogen) atoms. The molecule has 0 spiro atoms. The van der Waals surface area contributed by atoms with Crippen LogP contribution in [0, 0.1) is 0 Å². The molecule has 4 nitrogen and oxygen atoms in total. The lowest BCUT2D eigenvalue weighted by Crippen LogP contribution is -2.45. The number of rotatable bonds is 5. The first-order valence-corrected chi connectivity index (χ1v) is 9.10. The summed E-state index contributed by atoms with van der Waals surface area (Å²) in [5.41, 5.74) is 0. The van der Waals surface area contributed by atoms with E-state index in [0.717, 1.165) is 6.54 Å². The van der Waals surface area contributed by atoms with Gasteiger partial charge in [-0.25, -0.2) is 0 Å². The molecule has 120 valence electrons. The third-order valence-corrected chi connectivity index (χ3v) is 5.57. The number of hydrogen-bond donors (Lipinski definition) is 2. The smallest absolute Gasteiger partial charge is 0.221 e. The summed E-state index contributed by atoms with van der Waals surface area (Å²) >= 11 is 0. The lowest BCUT2D eigenvalue weighted by Gasteiger charge is -2.29. The predicted octanol–water partition coefficient (Wildman–Crippen LogP) is 2.04. The van der Waals surface area contributed by atoms with Gasteiger partial charge in [0.15, 0.2) is 0 Å². The van der Waals surface area contributed by atoms with Crippen LogP contribution in [-0.2, 0) is 4.79 Å². The zero-order chi connectivity index (χ0) is 14.5. The molecule has 0 aromatic carbocycles. The Balaban J connectivity index is 1.40. The van der Waals surface area contributed by atoms with Gasteiger partial charge in [0.2, 0.25) is 5.91 Å². The Morgan fingerprint density at radius 3 is 2.67 bits per heavy atom. The highest BCUT2D eigenvalue weighted by Crippen LogP contribution is 2.25. The molecule has 3 rings (SSSR count). The normalized spacial score (nSPS) is 31.6. The fourth-order valence-corrected chi connectivity index (χ4v) is 4.42. The topological polar surface area (TPSA) is 44.4 Å². The van der Waals surface area contributed by atoms with Gasteiger partial charge in [0.1, 0.15) is 0 Å². The molecule has 2 unspecified atom stereocenters. The van der Waals surface area contributed by atoms with Crippen molar-refractivity contribution in [3.8, 4) is 0 Å². The molecule has 3 aliphatic rings. The van der Waals surface area contributed by atoms with Crippen molar-refractivity contribution in [3.05, 3.63) is 0 Å². The summed E-state index contributed by atoms with van der Waals surface area (Å²) in [5, 5.41) is 6.89. The molecule has 1 saturated carbocycles. The van der Waals surface area contributed by atoms with Crippen LogP contribution in [0.3, 0.4) is 0 Å². The Labute approximate surface area is 129 Å². The summed E-state index contributed by atoms with van der Waals surface area (Å²) in [6, 6.07) is 1.81. The molecule has 2 aliphatic heterocycles. The average Bonchev–Trinajstić information content (AvgIpc) is 3.17. The van der Waals surface area contributed by atoms with Crippen LogP contribution in [0.25, 0.3) is 0 Å². The number of amides is 1. The van der Waals surface area contributed by atoms with Crippen LogP contribution < -0.4 is 10.6 Å². The maximum Gasteiger partial charge on any atom is 0.221 e. The van der Waals surface area contributed by atoms with Gasteiger partial charge < -0.3 is 10.6 Å². The van der Waals surface area contributed by atoms with Crippen LogP contribution in [0.1, 0.15) is 64.2 Å². The molecule has 0 radical (unpaired) electrons. The average molecular weight is 293 g/mol. The van der Waals surface area contributed by atoms with Crippen molar-refractivity contribution in [2.24, 2.45) is 0 Å². The van der Waals surface area contributed by atoms with Crippen molar-refractivity contribution < 1.29 is 4.79 Å². The molecule has 2 heterocycles. The first-order valence-electron chi connectivity index (χ1n) is 9.10. The predicted molar refractivity (Wildman–Crippen MR) is 85.3 cm³/mol. The van der Waals surface area contributed by atoms with Crippen LogP contribution in [-0.4, -0.2) is 48.6 Å². The van der Waals surface area contributed by atoms with E-state index in [0.29, 0.717) is 24.5 Å². The molecule has 0 bridgehead atoms. The number of nitrogens with one attached hydrogen (secondary N) is 2. The summed E-state index contributed by atoms with van der Waals surface area (Å²) in [6.07, 6.45) is 12.2. The van der Waals surface area contributed by atoms with E-state index in [4.69, 9.17) is 0 Å². The molecule has 2 N–H and O–H groups in total. The molecule has 0 aromatic rings. The Hall–Kier alpha value is -0.610. The van der Waals surface area contributed by atoms with Crippen molar-refractivity contribution >= 4 is 5.91 Å². The highest BCUT2D eigenvalue weighted by molar-refractivity contribution is 5.76. The van der Waals surface area contributed by atoms with Crippen LogP contribution in [0.15, 0.2) is 0 Å². The molecular formula is C17H31N3O. The number of carbonyl (C=O) groups is 1. The van der Waals surface area contributed by atoms with Gasteiger partial charge in [-0.2, -0.15) is 0 Å². The summed E-state index contributed by atoms with van der Waals surface area (Å²) in [6.45, 7) is 3.30. The molecule has 0 aromatic heterocycles. The third kappa shape index (κ3) is 4.19. The van der Waals surface area contributed by atoms with E-state index in [9.17, 15) is 4.79 Å². The van der Waals surface area contributed by atoms with Crippen molar-refractivity contribution in [2.75, 3.05) is 19.6 Å². The van der Waals surface area contributed by atoms with Crippen molar-refractivity contribution in [3.63, 3.8) is 0 Å². The van der Waals surface area contributed by atoms with E-state index in [2.05, 4.69) is 15.5 Å².